The van der Waals surface area contributed by atoms with Crippen LogP contribution in [0.1, 0.15) is 40.2 Å². The highest BCUT2D eigenvalue weighted by molar-refractivity contribution is 7.90. The molecule has 2 saturated heterocycles. The van der Waals surface area contributed by atoms with Crippen LogP contribution in [0.4, 0.5) is 8.78 Å². The molecule has 2 aromatic carbocycles. The van der Waals surface area contributed by atoms with Gasteiger partial charge in [-0.1, -0.05) is 17.7 Å². The van der Waals surface area contributed by atoms with E-state index in [9.17, 15) is 22.4 Å². The van der Waals surface area contributed by atoms with Crippen LogP contribution in [-0.2, 0) is 19.4 Å². The van der Waals surface area contributed by atoms with Gasteiger partial charge in [0.15, 0.2) is 9.84 Å². The number of halogens is 3. The van der Waals surface area contributed by atoms with E-state index in [4.69, 9.17) is 22.1 Å². The van der Waals surface area contributed by atoms with E-state index in [1.165, 1.54) is 23.1 Å². The van der Waals surface area contributed by atoms with Crippen molar-refractivity contribution in [3.8, 4) is 0 Å². The van der Waals surface area contributed by atoms with Gasteiger partial charge in [-0.3, -0.25) is 9.59 Å². The number of piperidine rings is 1. The molecule has 0 aromatic heterocycles. The number of benzene rings is 2. The van der Waals surface area contributed by atoms with E-state index < -0.39 is 50.8 Å². The first-order valence-corrected chi connectivity index (χ1v) is 13.8. The van der Waals surface area contributed by atoms with E-state index in [1.807, 2.05) is 0 Å². The van der Waals surface area contributed by atoms with Crippen molar-refractivity contribution in [3.05, 3.63) is 63.7 Å². The van der Waals surface area contributed by atoms with Crippen LogP contribution in [0.15, 0.2) is 35.2 Å². The molecule has 3 fully saturated rings. The van der Waals surface area contributed by atoms with Gasteiger partial charge < -0.3 is 15.4 Å². The molecule has 7 nitrogen and oxygen atoms in total. The third-order valence-corrected chi connectivity index (χ3v) is 9.35. The van der Waals surface area contributed by atoms with Gasteiger partial charge in [0.05, 0.1) is 28.7 Å². The number of carbonyl (C=O) groups excluding carboxylic acids is 2. The van der Waals surface area contributed by atoms with Crippen LogP contribution in [0.25, 0.3) is 0 Å². The molecule has 2 heterocycles. The Bertz CT molecular complexity index is 1400. The summed E-state index contributed by atoms with van der Waals surface area (Å²) in [6, 6.07) is 5.32. The number of sulfone groups is 1. The van der Waals surface area contributed by atoms with Crippen LogP contribution in [-0.4, -0.2) is 56.2 Å². The van der Waals surface area contributed by atoms with Crippen molar-refractivity contribution in [2.24, 2.45) is 17.6 Å². The van der Waals surface area contributed by atoms with Crippen LogP contribution < -0.4 is 5.73 Å². The molecule has 3 unspecified atom stereocenters. The number of hydrogen-bond donors (Lipinski definition) is 1. The summed E-state index contributed by atoms with van der Waals surface area (Å²) in [7, 11) is -3.63. The van der Waals surface area contributed by atoms with E-state index >= 15 is 4.39 Å². The summed E-state index contributed by atoms with van der Waals surface area (Å²) >= 11 is 5.80. The summed E-state index contributed by atoms with van der Waals surface area (Å²) in [6.07, 6.45) is 1.81. The molecule has 2 aromatic rings. The fraction of sp³-hybridized carbons (Fsp3) is 0.440. The number of amides is 2. The van der Waals surface area contributed by atoms with Crippen LogP contribution in [0, 0.1) is 30.4 Å². The number of primary amides is 1. The van der Waals surface area contributed by atoms with Gasteiger partial charge in [-0.2, -0.15) is 0 Å². The lowest BCUT2D eigenvalue weighted by atomic mass is 9.76. The van der Waals surface area contributed by atoms with Crippen molar-refractivity contribution in [2.75, 3.05) is 19.5 Å². The van der Waals surface area contributed by atoms with Gasteiger partial charge in [0, 0.05) is 23.7 Å². The number of likely N-dealkylation sites (tertiary alicyclic amines) is 1. The van der Waals surface area contributed by atoms with Crippen molar-refractivity contribution >= 4 is 33.3 Å². The lowest BCUT2D eigenvalue weighted by Crippen LogP contribution is -2.55. The van der Waals surface area contributed by atoms with Crippen molar-refractivity contribution in [1.29, 1.82) is 0 Å². The molecular formula is C25H25ClF2N2O5S. The Balaban J connectivity index is 1.65. The first kappa shape index (κ1) is 25.1. The molecule has 2 amide bonds. The number of aryl methyl sites for hydroxylation is 1. The predicted molar refractivity (Wildman–Crippen MR) is 127 cm³/mol. The predicted octanol–water partition coefficient (Wildman–Crippen LogP) is 3.22. The molecule has 0 bridgehead atoms. The van der Waals surface area contributed by atoms with Crippen LogP contribution in [0.3, 0.4) is 0 Å². The van der Waals surface area contributed by atoms with Crippen molar-refractivity contribution < 1.29 is 31.5 Å². The molecular weight excluding hydrogens is 514 g/mol. The molecule has 1 aliphatic carbocycles. The number of ether oxygens (including phenoxy) is 1. The number of nitrogens with zero attached hydrogens (tertiary/aromatic N) is 1. The monoisotopic (exact) mass is 538 g/mol. The molecule has 3 aliphatic rings. The second kappa shape index (κ2) is 8.49. The molecule has 5 rings (SSSR count). The van der Waals surface area contributed by atoms with Gasteiger partial charge in [0.25, 0.3) is 5.91 Å². The zero-order valence-electron chi connectivity index (χ0n) is 19.6. The Morgan fingerprint density at radius 1 is 1.19 bits per heavy atom. The van der Waals surface area contributed by atoms with Crippen molar-refractivity contribution in [1.82, 2.24) is 4.90 Å². The summed E-state index contributed by atoms with van der Waals surface area (Å²) in [5.74, 6) is -3.84. The lowest BCUT2D eigenvalue weighted by molar-refractivity contribution is -0.123. The van der Waals surface area contributed by atoms with Crippen molar-refractivity contribution in [3.63, 3.8) is 0 Å². The topological polar surface area (TPSA) is 107 Å². The Morgan fingerprint density at radius 2 is 1.89 bits per heavy atom. The SMILES string of the molecule is Cc1ccc(C(=O)N2C(C(N)=O)CC3CC32[C@@H](c2cc(F)c(Cl)cc2F)C2COC2)cc1S(C)(=O)=O. The van der Waals surface area contributed by atoms with E-state index in [1.54, 1.807) is 6.92 Å². The third-order valence-electron chi connectivity index (χ3n) is 7.82. The van der Waals surface area contributed by atoms with Gasteiger partial charge in [-0.15, -0.1) is 0 Å². The second-order valence-electron chi connectivity index (χ2n) is 10.0. The Hall–Kier alpha value is -2.56. The molecule has 2 N–H and O–H groups in total. The highest BCUT2D eigenvalue weighted by atomic mass is 35.5. The third kappa shape index (κ3) is 3.81. The first-order chi connectivity index (χ1) is 16.9. The summed E-state index contributed by atoms with van der Waals surface area (Å²) in [5.41, 5.74) is 5.32. The van der Waals surface area contributed by atoms with Gasteiger partial charge in [-0.25, -0.2) is 17.2 Å². The minimum absolute atomic E-state index is 0.000622. The van der Waals surface area contributed by atoms with Crippen molar-refractivity contribution in [2.45, 2.75) is 42.2 Å². The number of rotatable bonds is 6. The Morgan fingerprint density at radius 3 is 2.47 bits per heavy atom. The zero-order valence-corrected chi connectivity index (χ0v) is 21.2. The molecule has 192 valence electrons. The summed E-state index contributed by atoms with van der Waals surface area (Å²) < 4.78 is 59.7. The highest BCUT2D eigenvalue weighted by Crippen LogP contribution is 2.67. The molecule has 0 spiro atoms. The fourth-order valence-electron chi connectivity index (χ4n) is 6.11. The minimum Gasteiger partial charge on any atom is -0.381 e. The number of hydrogen-bond acceptors (Lipinski definition) is 5. The molecule has 11 heteroatoms. The molecule has 36 heavy (non-hydrogen) atoms. The van der Waals surface area contributed by atoms with Gasteiger partial charge in [0.2, 0.25) is 5.91 Å². The molecule has 1 saturated carbocycles. The standard InChI is InChI=1S/C25H25ClF2N2O5S/c1-12-3-4-13(5-21(12)36(2,33)34)24(32)30-20(23(29)31)6-15-9-25(15,30)22(14-10-35-11-14)16-7-19(28)17(26)8-18(16)27/h3-5,7-8,14-15,20,22H,6,9-11H2,1-2H3,(H2,29,31)/t15?,20?,22-,25?/m1/s1. The van der Waals surface area contributed by atoms with Crippen LogP contribution >= 0.6 is 11.6 Å². The maximum atomic E-state index is 15.2. The Labute approximate surface area is 212 Å². The van der Waals surface area contributed by atoms with Gasteiger partial charge in [0.1, 0.15) is 17.7 Å². The number of nitrogens with two attached hydrogens (primary N) is 1. The lowest BCUT2D eigenvalue weighted by Gasteiger charge is -2.44. The van der Waals surface area contributed by atoms with Crippen LogP contribution in [0.2, 0.25) is 5.02 Å². The minimum atomic E-state index is -3.63. The zero-order chi connectivity index (χ0) is 26.2. The smallest absolute Gasteiger partial charge is 0.255 e. The quantitative estimate of drug-likeness (QED) is 0.568. The maximum absolute atomic E-state index is 15.2. The summed E-state index contributed by atoms with van der Waals surface area (Å²) in [6.45, 7) is 2.19. The number of carbonyl (C=O) groups is 2. The fourth-order valence-corrected chi connectivity index (χ4v) is 7.26. The number of fused-ring (bicyclic) bond motifs is 1. The normalized spacial score (nSPS) is 26.3. The van der Waals surface area contributed by atoms with E-state index in [0.29, 0.717) is 12.0 Å². The molecule has 4 atom stereocenters. The molecule has 0 radical (unpaired) electrons. The van der Waals surface area contributed by atoms with Gasteiger partial charge >= 0.3 is 0 Å². The molecule has 2 aliphatic heterocycles. The average Bonchev–Trinajstić information content (AvgIpc) is 3.37. The largest absolute Gasteiger partial charge is 0.381 e. The summed E-state index contributed by atoms with van der Waals surface area (Å²) in [5, 5.41) is -0.355. The van der Waals surface area contributed by atoms with Crippen LogP contribution in [0.5, 0.6) is 0 Å². The highest BCUT2D eigenvalue weighted by Gasteiger charge is 2.72. The van der Waals surface area contributed by atoms with E-state index in [0.717, 1.165) is 18.4 Å². The maximum Gasteiger partial charge on any atom is 0.255 e. The first-order valence-electron chi connectivity index (χ1n) is 11.5. The average molecular weight is 539 g/mol. The summed E-state index contributed by atoms with van der Waals surface area (Å²) in [4.78, 5) is 27.8. The van der Waals surface area contributed by atoms with E-state index in [2.05, 4.69) is 0 Å². The Kier molecular flexibility index (Phi) is 5.92. The van der Waals surface area contributed by atoms with E-state index in [-0.39, 0.29) is 52.5 Å². The second-order valence-corrected chi connectivity index (χ2v) is 12.4. The van der Waals surface area contributed by atoms with Gasteiger partial charge in [-0.05, 0) is 61.1 Å².